The second-order valence-electron chi connectivity index (χ2n) is 7.82. The van der Waals surface area contributed by atoms with Crippen LogP contribution in [-0.2, 0) is 19.1 Å². The molecule has 0 unspecified atom stereocenters. The van der Waals surface area contributed by atoms with Crippen LogP contribution in [0.25, 0.3) is 10.8 Å². The molecular formula is C22H24N2O6. The summed E-state index contributed by atoms with van der Waals surface area (Å²) in [4.78, 5) is 47.3. The monoisotopic (exact) mass is 412 g/mol. The van der Waals surface area contributed by atoms with E-state index in [1.807, 2.05) is 36.4 Å². The van der Waals surface area contributed by atoms with Gasteiger partial charge in [0, 0.05) is 28.9 Å². The SMILES string of the molecule is C[C@H](OC(=O)C[C@@H]1C(=O)C[C@@H](C)[C@H]1C[N+](=O)[O-])C(=O)Nc1ccc2ccccc2c1. The minimum absolute atomic E-state index is 0.158. The Kier molecular flexibility index (Phi) is 6.44. The first-order chi connectivity index (χ1) is 14.2. The van der Waals surface area contributed by atoms with Gasteiger partial charge in [-0.25, -0.2) is 0 Å². The topological polar surface area (TPSA) is 116 Å². The lowest BCUT2D eigenvalue weighted by molar-refractivity contribution is -0.490. The number of rotatable bonds is 7. The maximum Gasteiger partial charge on any atom is 0.307 e. The van der Waals surface area contributed by atoms with Crippen molar-refractivity contribution in [1.82, 2.24) is 0 Å². The van der Waals surface area contributed by atoms with Crippen molar-refractivity contribution < 1.29 is 24.0 Å². The van der Waals surface area contributed by atoms with Crippen molar-refractivity contribution in [2.45, 2.75) is 32.8 Å². The van der Waals surface area contributed by atoms with Crippen LogP contribution in [0.5, 0.6) is 0 Å². The van der Waals surface area contributed by atoms with Crippen LogP contribution in [0.2, 0.25) is 0 Å². The zero-order valence-electron chi connectivity index (χ0n) is 16.9. The summed E-state index contributed by atoms with van der Waals surface area (Å²) in [7, 11) is 0. The Balaban J connectivity index is 1.58. The Bertz CT molecular complexity index is 989. The molecule has 1 aliphatic rings. The smallest absolute Gasteiger partial charge is 0.307 e. The highest BCUT2D eigenvalue weighted by Gasteiger charge is 2.44. The number of ether oxygens (including phenoxy) is 1. The van der Waals surface area contributed by atoms with Gasteiger partial charge in [0.25, 0.3) is 5.91 Å². The average molecular weight is 412 g/mol. The van der Waals surface area contributed by atoms with Crippen LogP contribution in [0, 0.1) is 27.9 Å². The molecule has 0 aromatic heterocycles. The Labute approximate surface area is 173 Å². The van der Waals surface area contributed by atoms with Gasteiger partial charge in [0.05, 0.1) is 6.42 Å². The van der Waals surface area contributed by atoms with E-state index in [0.29, 0.717) is 5.69 Å². The van der Waals surface area contributed by atoms with Crippen molar-refractivity contribution in [2.75, 3.05) is 11.9 Å². The Morgan fingerprint density at radius 2 is 1.93 bits per heavy atom. The van der Waals surface area contributed by atoms with Crippen LogP contribution in [0.1, 0.15) is 26.7 Å². The minimum atomic E-state index is -1.06. The second kappa shape index (κ2) is 9.02. The summed E-state index contributed by atoms with van der Waals surface area (Å²) in [5, 5.41) is 15.6. The predicted molar refractivity (Wildman–Crippen MR) is 110 cm³/mol. The maximum absolute atomic E-state index is 12.4. The molecule has 2 aromatic carbocycles. The van der Waals surface area contributed by atoms with Gasteiger partial charge in [0.15, 0.2) is 6.10 Å². The predicted octanol–water partition coefficient (Wildman–Crippen LogP) is 3.22. The van der Waals surface area contributed by atoms with Crippen LogP contribution < -0.4 is 5.32 Å². The molecule has 1 saturated carbocycles. The first kappa shape index (κ1) is 21.4. The van der Waals surface area contributed by atoms with E-state index in [-0.39, 0.29) is 31.1 Å². The Morgan fingerprint density at radius 1 is 1.23 bits per heavy atom. The lowest BCUT2D eigenvalue weighted by atomic mass is 9.88. The van der Waals surface area contributed by atoms with Gasteiger partial charge in [0.2, 0.25) is 6.54 Å². The van der Waals surface area contributed by atoms with Crippen LogP contribution in [0.3, 0.4) is 0 Å². The number of hydrogen-bond donors (Lipinski definition) is 1. The minimum Gasteiger partial charge on any atom is -0.453 e. The van der Waals surface area contributed by atoms with Crippen molar-refractivity contribution in [3.63, 3.8) is 0 Å². The number of anilines is 1. The van der Waals surface area contributed by atoms with Crippen LogP contribution in [0.4, 0.5) is 5.69 Å². The molecule has 0 radical (unpaired) electrons. The lowest BCUT2D eigenvalue weighted by Crippen LogP contribution is -2.32. The number of fused-ring (bicyclic) bond motifs is 1. The molecule has 1 aliphatic carbocycles. The van der Waals surface area contributed by atoms with E-state index in [4.69, 9.17) is 4.74 Å². The molecule has 8 nitrogen and oxygen atoms in total. The van der Waals surface area contributed by atoms with Gasteiger partial charge in [0.1, 0.15) is 5.78 Å². The largest absolute Gasteiger partial charge is 0.453 e. The molecule has 1 amide bonds. The van der Waals surface area contributed by atoms with Crippen molar-refractivity contribution in [1.29, 1.82) is 0 Å². The number of esters is 1. The van der Waals surface area contributed by atoms with Crippen molar-refractivity contribution in [2.24, 2.45) is 17.8 Å². The molecule has 0 spiro atoms. The van der Waals surface area contributed by atoms with Crippen LogP contribution in [0.15, 0.2) is 42.5 Å². The Morgan fingerprint density at radius 3 is 2.63 bits per heavy atom. The van der Waals surface area contributed by atoms with Crippen LogP contribution in [-0.4, -0.2) is 35.2 Å². The third kappa shape index (κ3) is 5.00. The number of Topliss-reactive ketones (excluding diaryl/α,β-unsaturated/α-hetero) is 1. The van der Waals surface area contributed by atoms with Gasteiger partial charge < -0.3 is 10.1 Å². The maximum atomic E-state index is 12.4. The number of benzene rings is 2. The lowest BCUT2D eigenvalue weighted by Gasteiger charge is -2.18. The van der Waals surface area contributed by atoms with E-state index >= 15 is 0 Å². The van der Waals surface area contributed by atoms with Crippen molar-refractivity contribution >= 4 is 34.1 Å². The van der Waals surface area contributed by atoms with E-state index in [1.54, 1.807) is 13.0 Å². The quantitative estimate of drug-likeness (QED) is 0.424. The molecule has 3 rings (SSSR count). The third-order valence-electron chi connectivity index (χ3n) is 5.63. The number of carbonyl (C=O) groups excluding carboxylic acids is 3. The normalized spacial score (nSPS) is 21.9. The fourth-order valence-electron chi connectivity index (χ4n) is 3.99. The highest BCUT2D eigenvalue weighted by molar-refractivity contribution is 5.97. The van der Waals surface area contributed by atoms with Gasteiger partial charge in [-0.3, -0.25) is 24.5 Å². The summed E-state index contributed by atoms with van der Waals surface area (Å²) >= 11 is 0. The second-order valence-corrected chi connectivity index (χ2v) is 7.82. The first-order valence-electron chi connectivity index (χ1n) is 9.88. The van der Waals surface area contributed by atoms with Crippen LogP contribution >= 0.6 is 0 Å². The number of ketones is 1. The summed E-state index contributed by atoms with van der Waals surface area (Å²) in [6.45, 7) is 2.86. The van der Waals surface area contributed by atoms with E-state index in [2.05, 4.69) is 5.32 Å². The highest BCUT2D eigenvalue weighted by atomic mass is 16.6. The molecule has 8 heteroatoms. The summed E-state index contributed by atoms with van der Waals surface area (Å²) in [6.07, 6.45) is -1.10. The molecule has 30 heavy (non-hydrogen) atoms. The van der Waals surface area contributed by atoms with Crippen molar-refractivity contribution in [3.8, 4) is 0 Å². The molecule has 158 valence electrons. The fraction of sp³-hybridized carbons (Fsp3) is 0.409. The van der Waals surface area contributed by atoms with Gasteiger partial charge in [-0.15, -0.1) is 0 Å². The molecule has 0 saturated heterocycles. The number of nitrogens with one attached hydrogen (secondary N) is 1. The van der Waals surface area contributed by atoms with Gasteiger partial charge in [-0.2, -0.15) is 0 Å². The zero-order valence-corrected chi connectivity index (χ0v) is 16.9. The molecule has 0 aliphatic heterocycles. The van der Waals surface area contributed by atoms with Gasteiger partial charge >= 0.3 is 5.97 Å². The molecule has 1 N–H and O–H groups in total. The molecule has 4 atom stereocenters. The molecule has 2 aromatic rings. The van der Waals surface area contributed by atoms with E-state index in [1.165, 1.54) is 6.92 Å². The summed E-state index contributed by atoms with van der Waals surface area (Å²) in [5.74, 6) is -2.77. The molecule has 0 bridgehead atoms. The number of amides is 1. The molecule has 1 fully saturated rings. The molecular weight excluding hydrogens is 388 g/mol. The summed E-state index contributed by atoms with van der Waals surface area (Å²) in [6, 6.07) is 13.2. The highest BCUT2D eigenvalue weighted by Crippen LogP contribution is 2.36. The average Bonchev–Trinajstić information content (AvgIpc) is 2.94. The van der Waals surface area contributed by atoms with E-state index in [9.17, 15) is 24.5 Å². The number of nitrogens with zero attached hydrogens (tertiary/aromatic N) is 1. The fourth-order valence-corrected chi connectivity index (χ4v) is 3.99. The number of nitro groups is 1. The van der Waals surface area contributed by atoms with Gasteiger partial charge in [-0.05, 0) is 35.7 Å². The standard InChI is InChI=1S/C22H24N2O6/c1-13-9-20(25)18(19(13)12-24(28)29)11-21(26)30-14(2)22(27)23-17-8-7-15-5-3-4-6-16(15)10-17/h3-8,10,13-14,18-19H,9,11-12H2,1-2H3,(H,23,27)/t13-,14+,18+,19-/m1/s1. The number of hydrogen-bond acceptors (Lipinski definition) is 6. The zero-order chi connectivity index (χ0) is 21.8. The number of carbonyl (C=O) groups is 3. The Hall–Kier alpha value is -3.29. The molecule has 0 heterocycles. The van der Waals surface area contributed by atoms with E-state index in [0.717, 1.165) is 10.8 Å². The van der Waals surface area contributed by atoms with Crippen molar-refractivity contribution in [3.05, 3.63) is 52.6 Å². The third-order valence-corrected chi connectivity index (χ3v) is 5.63. The van der Waals surface area contributed by atoms with Gasteiger partial charge in [-0.1, -0.05) is 37.3 Å². The summed E-state index contributed by atoms with van der Waals surface area (Å²) in [5.41, 5.74) is 0.576. The first-order valence-corrected chi connectivity index (χ1v) is 9.88. The summed E-state index contributed by atoms with van der Waals surface area (Å²) < 4.78 is 5.20. The van der Waals surface area contributed by atoms with E-state index < -0.39 is 34.7 Å².